The Labute approximate surface area is 86.0 Å². The second-order valence-electron chi connectivity index (χ2n) is 4.12. The molecule has 3 nitrogen and oxygen atoms in total. The van der Waals surface area contributed by atoms with E-state index in [1.54, 1.807) is 0 Å². The number of hydrogen-bond donors (Lipinski definition) is 0. The maximum Gasteiger partial charge on any atom is 0.146 e. The van der Waals surface area contributed by atoms with Crippen LogP contribution in [0.3, 0.4) is 0 Å². The normalized spacial score (nSPS) is 20.7. The summed E-state index contributed by atoms with van der Waals surface area (Å²) in [4.78, 5) is 0. The van der Waals surface area contributed by atoms with Gasteiger partial charge in [-0.2, -0.15) is 0 Å². The first-order valence-electron chi connectivity index (χ1n) is 5.06. The van der Waals surface area contributed by atoms with Crippen molar-refractivity contribution in [2.24, 2.45) is 5.41 Å². The molecule has 0 bridgehead atoms. The highest BCUT2D eigenvalue weighted by Gasteiger charge is 2.32. The smallest absolute Gasteiger partial charge is 0.146 e. The molecule has 0 aliphatic carbocycles. The number of rotatable bonds is 5. The van der Waals surface area contributed by atoms with Gasteiger partial charge >= 0.3 is 0 Å². The van der Waals surface area contributed by atoms with Crippen molar-refractivity contribution in [3.63, 3.8) is 0 Å². The molecule has 0 spiro atoms. The molecule has 0 atom stereocenters. The molecule has 1 fully saturated rings. The molecule has 0 aromatic rings. The molecule has 1 aliphatic heterocycles. The van der Waals surface area contributed by atoms with Crippen molar-refractivity contribution in [1.29, 1.82) is 0 Å². The molecule has 0 saturated carbocycles. The van der Waals surface area contributed by atoms with Crippen molar-refractivity contribution < 1.29 is 14.2 Å². The van der Waals surface area contributed by atoms with Crippen LogP contribution < -0.4 is 0 Å². The predicted molar refractivity (Wildman–Crippen MR) is 55.1 cm³/mol. The van der Waals surface area contributed by atoms with Crippen LogP contribution in [0.15, 0.2) is 12.2 Å². The topological polar surface area (TPSA) is 27.7 Å². The van der Waals surface area contributed by atoms with Crippen LogP contribution in [0.2, 0.25) is 0 Å². The second-order valence-corrected chi connectivity index (χ2v) is 4.12. The molecule has 0 unspecified atom stereocenters. The Hall–Kier alpha value is -0.380. The fraction of sp³-hybridized carbons (Fsp3) is 0.818. The summed E-state index contributed by atoms with van der Waals surface area (Å²) in [6.07, 6.45) is 1.02. The number of ether oxygens (including phenoxy) is 3. The molecule has 3 heteroatoms. The highest BCUT2D eigenvalue weighted by atomic mass is 16.7. The van der Waals surface area contributed by atoms with Crippen molar-refractivity contribution in [3.05, 3.63) is 12.2 Å². The lowest BCUT2D eigenvalue weighted by atomic mass is 9.87. The molecule has 0 radical (unpaired) electrons. The Balaban J connectivity index is 2.32. The van der Waals surface area contributed by atoms with Crippen molar-refractivity contribution in [1.82, 2.24) is 0 Å². The van der Waals surface area contributed by atoms with Crippen LogP contribution in [0.1, 0.15) is 20.3 Å². The highest BCUT2D eigenvalue weighted by Crippen LogP contribution is 2.26. The van der Waals surface area contributed by atoms with E-state index >= 15 is 0 Å². The fourth-order valence-electron chi connectivity index (χ4n) is 1.45. The molecule has 82 valence electrons. The summed E-state index contributed by atoms with van der Waals surface area (Å²) in [5, 5.41) is 0. The summed E-state index contributed by atoms with van der Waals surface area (Å²) >= 11 is 0. The third-order valence-electron chi connectivity index (χ3n) is 2.49. The molecular weight excluding hydrogens is 180 g/mol. The predicted octanol–water partition coefficient (Wildman–Crippen LogP) is 1.98. The zero-order valence-corrected chi connectivity index (χ0v) is 9.17. The van der Waals surface area contributed by atoms with Gasteiger partial charge in [0, 0.05) is 5.41 Å². The van der Waals surface area contributed by atoms with Crippen LogP contribution in [0.5, 0.6) is 0 Å². The third-order valence-corrected chi connectivity index (χ3v) is 2.49. The van der Waals surface area contributed by atoms with Gasteiger partial charge in [0.2, 0.25) is 0 Å². The zero-order valence-electron chi connectivity index (χ0n) is 9.17. The lowest BCUT2D eigenvalue weighted by molar-refractivity contribution is -0.181. The van der Waals surface area contributed by atoms with Gasteiger partial charge in [-0.05, 0) is 13.3 Å². The van der Waals surface area contributed by atoms with Crippen molar-refractivity contribution in [2.75, 3.05) is 33.2 Å². The van der Waals surface area contributed by atoms with Crippen LogP contribution in [0.4, 0.5) is 0 Å². The monoisotopic (exact) mass is 200 g/mol. The molecule has 0 aromatic carbocycles. The van der Waals surface area contributed by atoms with Gasteiger partial charge in [0.15, 0.2) is 0 Å². The van der Waals surface area contributed by atoms with E-state index in [0.717, 1.165) is 25.2 Å². The van der Waals surface area contributed by atoms with E-state index in [2.05, 4.69) is 13.5 Å². The van der Waals surface area contributed by atoms with Crippen LogP contribution >= 0.6 is 0 Å². The molecule has 1 saturated heterocycles. The summed E-state index contributed by atoms with van der Waals surface area (Å²) in [5.74, 6) is 0. The average Bonchev–Trinajstić information content (AvgIpc) is 2.19. The van der Waals surface area contributed by atoms with E-state index in [0.29, 0.717) is 20.0 Å². The number of hydrogen-bond acceptors (Lipinski definition) is 3. The summed E-state index contributed by atoms with van der Waals surface area (Å²) < 4.78 is 16.2. The van der Waals surface area contributed by atoms with Gasteiger partial charge in [-0.3, -0.25) is 0 Å². The lowest BCUT2D eigenvalue weighted by Gasteiger charge is -2.35. The van der Waals surface area contributed by atoms with Gasteiger partial charge in [0.1, 0.15) is 6.79 Å². The summed E-state index contributed by atoms with van der Waals surface area (Å²) in [6, 6.07) is 0. The van der Waals surface area contributed by atoms with Crippen LogP contribution in [-0.2, 0) is 14.2 Å². The second kappa shape index (κ2) is 5.49. The van der Waals surface area contributed by atoms with Crippen molar-refractivity contribution in [2.45, 2.75) is 20.3 Å². The molecule has 1 aliphatic rings. The summed E-state index contributed by atoms with van der Waals surface area (Å²) in [6.45, 7) is 11.1. The Morgan fingerprint density at radius 3 is 2.57 bits per heavy atom. The standard InChI is InChI=1S/C11H20O3/c1-4-11(6-12-5-10(2)3)7-13-9-14-8-11/h2,4-9H2,1,3H3. The van der Waals surface area contributed by atoms with Crippen molar-refractivity contribution in [3.8, 4) is 0 Å². The van der Waals surface area contributed by atoms with Gasteiger partial charge < -0.3 is 14.2 Å². The Kier molecular flexibility index (Phi) is 4.58. The minimum absolute atomic E-state index is 0.0493. The van der Waals surface area contributed by atoms with E-state index in [9.17, 15) is 0 Å². The maximum atomic E-state index is 5.57. The molecule has 0 N–H and O–H groups in total. The Morgan fingerprint density at radius 1 is 1.43 bits per heavy atom. The van der Waals surface area contributed by atoms with Gasteiger partial charge in [0.25, 0.3) is 0 Å². The van der Waals surface area contributed by atoms with Crippen LogP contribution in [0, 0.1) is 5.41 Å². The van der Waals surface area contributed by atoms with E-state index < -0.39 is 0 Å². The van der Waals surface area contributed by atoms with Crippen LogP contribution in [0.25, 0.3) is 0 Å². The fourth-order valence-corrected chi connectivity index (χ4v) is 1.45. The molecule has 14 heavy (non-hydrogen) atoms. The van der Waals surface area contributed by atoms with E-state index in [-0.39, 0.29) is 5.41 Å². The quantitative estimate of drug-likeness (QED) is 0.635. The lowest BCUT2D eigenvalue weighted by Crippen LogP contribution is -2.41. The zero-order chi connectivity index (χ0) is 10.4. The highest BCUT2D eigenvalue weighted by molar-refractivity contribution is 4.88. The molecule has 1 rings (SSSR count). The van der Waals surface area contributed by atoms with E-state index in [1.165, 1.54) is 0 Å². The first kappa shape index (κ1) is 11.7. The van der Waals surface area contributed by atoms with E-state index in [4.69, 9.17) is 14.2 Å². The van der Waals surface area contributed by atoms with Gasteiger partial charge in [-0.15, -0.1) is 0 Å². The largest absolute Gasteiger partial charge is 0.376 e. The molecule has 0 amide bonds. The first-order valence-corrected chi connectivity index (χ1v) is 5.06. The van der Waals surface area contributed by atoms with Gasteiger partial charge in [-0.1, -0.05) is 19.1 Å². The summed E-state index contributed by atoms with van der Waals surface area (Å²) in [5.41, 5.74) is 1.10. The third kappa shape index (κ3) is 3.40. The minimum atomic E-state index is 0.0493. The SMILES string of the molecule is C=C(C)COCC1(CC)COCOC1. The van der Waals surface area contributed by atoms with E-state index in [1.807, 2.05) is 6.92 Å². The van der Waals surface area contributed by atoms with Gasteiger partial charge in [-0.25, -0.2) is 0 Å². The van der Waals surface area contributed by atoms with Gasteiger partial charge in [0.05, 0.1) is 26.4 Å². The Morgan fingerprint density at radius 2 is 2.07 bits per heavy atom. The first-order chi connectivity index (χ1) is 6.68. The van der Waals surface area contributed by atoms with Crippen molar-refractivity contribution >= 4 is 0 Å². The Bertz CT molecular complexity index is 183. The van der Waals surface area contributed by atoms with Crippen LogP contribution in [-0.4, -0.2) is 33.2 Å². The maximum absolute atomic E-state index is 5.57. The molecular formula is C11H20O3. The molecule has 1 heterocycles. The molecule has 0 aromatic heterocycles. The average molecular weight is 200 g/mol. The minimum Gasteiger partial charge on any atom is -0.376 e. The summed E-state index contributed by atoms with van der Waals surface area (Å²) in [7, 11) is 0.